The largest absolute Gasteiger partial charge is 0.491 e. The highest BCUT2D eigenvalue weighted by atomic mass is 16.5. The van der Waals surface area contributed by atoms with Crippen LogP contribution in [-0.2, 0) is 17.6 Å². The number of rotatable bonds is 13. The first-order valence-electron chi connectivity index (χ1n) is 11.8. The first-order chi connectivity index (χ1) is 15.5. The molecule has 3 rings (SSSR count). The van der Waals surface area contributed by atoms with Crippen molar-refractivity contribution in [2.45, 2.75) is 58.4 Å². The number of ether oxygens (including phenoxy) is 1. The maximum Gasteiger partial charge on any atom is 0.146 e. The molecule has 0 amide bonds. The van der Waals surface area contributed by atoms with Crippen LogP contribution in [0.15, 0.2) is 30.5 Å². The summed E-state index contributed by atoms with van der Waals surface area (Å²) in [6, 6.07) is 7.88. The van der Waals surface area contributed by atoms with Crippen LogP contribution in [0.25, 0.3) is 0 Å². The lowest BCUT2D eigenvalue weighted by atomic mass is 10.1. The van der Waals surface area contributed by atoms with Gasteiger partial charge < -0.3 is 15.8 Å². The van der Waals surface area contributed by atoms with Gasteiger partial charge in [0, 0.05) is 31.0 Å². The van der Waals surface area contributed by atoms with E-state index in [0.29, 0.717) is 13.0 Å². The molecule has 0 radical (unpaired) electrons. The lowest BCUT2D eigenvalue weighted by Gasteiger charge is -2.23. The number of pyridine rings is 2. The Morgan fingerprint density at radius 1 is 1.22 bits per heavy atom. The second kappa shape index (κ2) is 12.5. The van der Waals surface area contributed by atoms with Gasteiger partial charge in [0.25, 0.3) is 0 Å². The second-order valence-electron chi connectivity index (χ2n) is 8.63. The van der Waals surface area contributed by atoms with E-state index in [2.05, 4.69) is 27.3 Å². The molecule has 0 saturated heterocycles. The highest BCUT2D eigenvalue weighted by molar-refractivity contribution is 5.81. The third-order valence-electron chi connectivity index (χ3n) is 5.95. The number of carbonyl (C=O) groups excluding carboxylic acids is 1. The van der Waals surface area contributed by atoms with E-state index in [0.717, 1.165) is 74.8 Å². The van der Waals surface area contributed by atoms with E-state index in [1.54, 1.807) is 13.1 Å². The number of hydrogen-bond donors (Lipinski definition) is 2. The van der Waals surface area contributed by atoms with Gasteiger partial charge in [-0.2, -0.15) is 0 Å². The second-order valence-corrected chi connectivity index (χ2v) is 8.63. The van der Waals surface area contributed by atoms with Crippen molar-refractivity contribution in [2.24, 2.45) is 5.73 Å². The molecule has 1 aliphatic rings. The molecule has 0 fully saturated rings. The first kappa shape index (κ1) is 24.1. The Hall–Kier alpha value is -2.51. The highest BCUT2D eigenvalue weighted by Gasteiger charge is 2.13. The Kier molecular flexibility index (Phi) is 9.43. The normalized spacial score (nSPS) is 14.0. The highest BCUT2D eigenvalue weighted by Crippen LogP contribution is 2.20. The number of nitrogens with zero attached hydrogens (tertiary/aromatic N) is 3. The topological polar surface area (TPSA) is 93.4 Å². The average Bonchev–Trinajstić information content (AvgIpc) is 2.80. The molecule has 0 aliphatic carbocycles. The number of fused-ring (bicyclic) bond motifs is 1. The number of nitrogens with one attached hydrogen (secondary N) is 1. The molecule has 174 valence electrons. The smallest absolute Gasteiger partial charge is 0.146 e. The monoisotopic (exact) mass is 439 g/mol. The molecule has 1 aliphatic heterocycles. The predicted molar refractivity (Wildman–Crippen MR) is 128 cm³/mol. The van der Waals surface area contributed by atoms with Crippen molar-refractivity contribution in [3.8, 4) is 5.75 Å². The molecule has 1 atom stereocenters. The molecular formula is C25H37N5O2. The van der Waals surface area contributed by atoms with Crippen molar-refractivity contribution in [3.05, 3.63) is 47.4 Å². The molecule has 32 heavy (non-hydrogen) atoms. The summed E-state index contributed by atoms with van der Waals surface area (Å²) in [7, 11) is 0. The third kappa shape index (κ3) is 7.88. The fraction of sp³-hybridized carbons (Fsp3) is 0.560. The number of aryl methyl sites for hydroxylation is 3. The van der Waals surface area contributed by atoms with E-state index in [1.807, 2.05) is 19.1 Å². The predicted octanol–water partition coefficient (Wildman–Crippen LogP) is 3.15. The van der Waals surface area contributed by atoms with E-state index in [4.69, 9.17) is 15.5 Å². The van der Waals surface area contributed by atoms with Crippen LogP contribution < -0.4 is 15.8 Å². The number of Topliss-reactive ketones (excluding diaryl/α,β-unsaturated/α-hetero) is 1. The van der Waals surface area contributed by atoms with Crippen LogP contribution in [0.1, 0.15) is 49.6 Å². The summed E-state index contributed by atoms with van der Waals surface area (Å²) in [6.45, 7) is 7.64. The Morgan fingerprint density at radius 2 is 2.09 bits per heavy atom. The summed E-state index contributed by atoms with van der Waals surface area (Å²) in [5, 5.41) is 3.41. The lowest BCUT2D eigenvalue weighted by Crippen LogP contribution is -2.36. The fourth-order valence-electron chi connectivity index (χ4n) is 3.84. The summed E-state index contributed by atoms with van der Waals surface area (Å²) >= 11 is 0. The molecule has 0 aromatic carbocycles. The van der Waals surface area contributed by atoms with Crippen LogP contribution in [0, 0.1) is 6.92 Å². The Labute approximate surface area is 191 Å². The fourth-order valence-corrected chi connectivity index (χ4v) is 3.84. The molecule has 2 aromatic heterocycles. The van der Waals surface area contributed by atoms with Gasteiger partial charge in [0.05, 0.1) is 12.2 Å². The average molecular weight is 440 g/mol. The molecular weight excluding hydrogens is 402 g/mol. The van der Waals surface area contributed by atoms with Gasteiger partial charge >= 0.3 is 0 Å². The van der Waals surface area contributed by atoms with Crippen molar-refractivity contribution in [1.82, 2.24) is 14.9 Å². The Morgan fingerprint density at radius 3 is 2.88 bits per heavy atom. The molecule has 0 saturated carbocycles. The molecule has 7 heteroatoms. The van der Waals surface area contributed by atoms with Crippen molar-refractivity contribution in [1.29, 1.82) is 0 Å². The first-order valence-corrected chi connectivity index (χ1v) is 11.8. The van der Waals surface area contributed by atoms with Crippen LogP contribution in [-0.4, -0.2) is 59.5 Å². The number of aromatic nitrogens is 2. The number of anilines is 1. The van der Waals surface area contributed by atoms with Gasteiger partial charge in [-0.1, -0.05) is 6.07 Å². The zero-order valence-electron chi connectivity index (χ0n) is 19.5. The molecule has 7 nitrogen and oxygen atoms in total. The van der Waals surface area contributed by atoms with E-state index < -0.39 is 6.04 Å². The Bertz CT molecular complexity index is 856. The van der Waals surface area contributed by atoms with E-state index in [-0.39, 0.29) is 5.78 Å². The molecule has 3 N–H and O–H groups in total. The van der Waals surface area contributed by atoms with Crippen LogP contribution in [0.4, 0.5) is 5.82 Å². The SMILES string of the molecule is CC(=O)[C@@H](N)CCN(CCCCc1ccc2c(n1)NCCC2)CCOc1ccc(C)nc1. The number of carbonyl (C=O) groups is 1. The van der Waals surface area contributed by atoms with Gasteiger partial charge in [-0.3, -0.25) is 14.7 Å². The van der Waals surface area contributed by atoms with Gasteiger partial charge in [0.1, 0.15) is 24.0 Å². The standard InChI is InChI=1S/C25H37N5O2/c1-19-8-11-23(18-28-19)32-17-16-30(15-12-24(26)20(2)31)14-4-3-7-22-10-9-21-6-5-13-27-25(21)29-22/h8-11,18,24H,3-7,12-17,26H2,1-2H3,(H,27,29)/t24-/m0/s1. The summed E-state index contributed by atoms with van der Waals surface area (Å²) in [6.07, 6.45) is 7.83. The van der Waals surface area contributed by atoms with Gasteiger partial charge in [0.2, 0.25) is 0 Å². The van der Waals surface area contributed by atoms with Crippen molar-refractivity contribution in [3.63, 3.8) is 0 Å². The molecule has 0 unspecified atom stereocenters. The van der Waals surface area contributed by atoms with E-state index >= 15 is 0 Å². The zero-order chi connectivity index (χ0) is 22.8. The number of nitrogens with two attached hydrogens (primary N) is 1. The summed E-state index contributed by atoms with van der Waals surface area (Å²) in [5.41, 5.74) is 9.41. The minimum absolute atomic E-state index is 0.0408. The molecule has 0 spiro atoms. The van der Waals surface area contributed by atoms with E-state index in [9.17, 15) is 4.79 Å². The summed E-state index contributed by atoms with van der Waals surface area (Å²) < 4.78 is 5.85. The number of unbranched alkanes of at least 4 members (excludes halogenated alkanes) is 1. The van der Waals surface area contributed by atoms with Crippen LogP contribution >= 0.6 is 0 Å². The van der Waals surface area contributed by atoms with Crippen molar-refractivity contribution in [2.75, 3.05) is 38.1 Å². The van der Waals surface area contributed by atoms with Gasteiger partial charge in [0.15, 0.2) is 0 Å². The van der Waals surface area contributed by atoms with Crippen molar-refractivity contribution >= 4 is 11.6 Å². The van der Waals surface area contributed by atoms with Gasteiger partial charge in [-0.05, 0) is 82.7 Å². The quantitative estimate of drug-likeness (QED) is 0.463. The van der Waals surface area contributed by atoms with E-state index in [1.165, 1.54) is 12.0 Å². The van der Waals surface area contributed by atoms with Crippen LogP contribution in [0.5, 0.6) is 5.75 Å². The van der Waals surface area contributed by atoms with Gasteiger partial charge in [-0.25, -0.2) is 4.98 Å². The van der Waals surface area contributed by atoms with Crippen LogP contribution in [0.2, 0.25) is 0 Å². The Balaban J connectivity index is 1.44. The number of ketones is 1. The minimum atomic E-state index is -0.396. The van der Waals surface area contributed by atoms with Crippen molar-refractivity contribution < 1.29 is 9.53 Å². The van der Waals surface area contributed by atoms with Gasteiger partial charge in [-0.15, -0.1) is 0 Å². The minimum Gasteiger partial charge on any atom is -0.491 e. The third-order valence-corrected chi connectivity index (χ3v) is 5.95. The van der Waals surface area contributed by atoms with Crippen LogP contribution in [0.3, 0.4) is 0 Å². The summed E-state index contributed by atoms with van der Waals surface area (Å²) in [4.78, 5) is 22.9. The molecule has 2 aromatic rings. The maximum atomic E-state index is 11.5. The number of hydrogen-bond acceptors (Lipinski definition) is 7. The zero-order valence-corrected chi connectivity index (χ0v) is 19.5. The summed E-state index contributed by atoms with van der Waals surface area (Å²) in [5.74, 6) is 1.89. The molecule has 3 heterocycles. The maximum absolute atomic E-state index is 11.5. The lowest BCUT2D eigenvalue weighted by molar-refractivity contribution is -0.118. The molecule has 0 bridgehead atoms.